The SMILES string of the molecule is CCCCCCC[C@@H](O)C[C]=O. The summed E-state index contributed by atoms with van der Waals surface area (Å²) < 4.78 is 0. The Morgan fingerprint density at radius 3 is 2.50 bits per heavy atom. The van der Waals surface area contributed by atoms with Gasteiger partial charge >= 0.3 is 0 Å². The first-order valence-electron chi connectivity index (χ1n) is 4.84. The maximum atomic E-state index is 9.87. The molecule has 0 spiro atoms. The number of aliphatic hydroxyl groups is 1. The summed E-state index contributed by atoms with van der Waals surface area (Å²) in [5.74, 6) is 0. The normalized spacial score (nSPS) is 12.8. The molecular weight excluding hydrogens is 152 g/mol. The fourth-order valence-corrected chi connectivity index (χ4v) is 1.18. The smallest absolute Gasteiger partial charge is 0.201 e. The van der Waals surface area contributed by atoms with Gasteiger partial charge in [0.25, 0.3) is 0 Å². The highest BCUT2D eigenvalue weighted by molar-refractivity contribution is 5.51. The van der Waals surface area contributed by atoms with Crippen molar-refractivity contribution >= 4 is 6.29 Å². The summed E-state index contributed by atoms with van der Waals surface area (Å²) in [7, 11) is 0. The third-order valence-corrected chi connectivity index (χ3v) is 1.96. The Bertz CT molecular complexity index is 102. The monoisotopic (exact) mass is 171 g/mol. The van der Waals surface area contributed by atoms with Gasteiger partial charge in [0.2, 0.25) is 6.29 Å². The van der Waals surface area contributed by atoms with Crippen LogP contribution in [0.1, 0.15) is 51.9 Å². The zero-order valence-electron chi connectivity index (χ0n) is 7.88. The molecule has 0 aliphatic heterocycles. The van der Waals surface area contributed by atoms with Crippen LogP contribution in [0.3, 0.4) is 0 Å². The Kier molecular flexibility index (Phi) is 8.46. The topological polar surface area (TPSA) is 37.3 Å². The Morgan fingerprint density at radius 2 is 1.92 bits per heavy atom. The highest BCUT2D eigenvalue weighted by Crippen LogP contribution is 2.08. The quantitative estimate of drug-likeness (QED) is 0.568. The van der Waals surface area contributed by atoms with E-state index in [1.54, 1.807) is 6.29 Å². The molecule has 0 unspecified atom stereocenters. The van der Waals surface area contributed by atoms with Gasteiger partial charge in [-0.3, -0.25) is 4.79 Å². The molecule has 0 saturated heterocycles. The molecule has 0 fully saturated rings. The number of unbranched alkanes of at least 4 members (excludes halogenated alkanes) is 4. The molecule has 0 bridgehead atoms. The number of hydrogen-bond donors (Lipinski definition) is 1. The molecule has 2 heteroatoms. The van der Waals surface area contributed by atoms with E-state index in [0.29, 0.717) is 0 Å². The highest BCUT2D eigenvalue weighted by atomic mass is 16.3. The Hall–Kier alpha value is -0.370. The average molecular weight is 171 g/mol. The molecule has 1 N–H and O–H groups in total. The average Bonchev–Trinajstić information content (AvgIpc) is 2.05. The second-order valence-corrected chi connectivity index (χ2v) is 3.21. The summed E-state index contributed by atoms with van der Waals surface area (Å²) in [6, 6.07) is 0. The molecule has 0 saturated carbocycles. The van der Waals surface area contributed by atoms with E-state index in [1.807, 2.05) is 0 Å². The van der Waals surface area contributed by atoms with E-state index in [4.69, 9.17) is 5.11 Å². The van der Waals surface area contributed by atoms with E-state index in [1.165, 1.54) is 25.7 Å². The van der Waals surface area contributed by atoms with E-state index in [9.17, 15) is 4.79 Å². The molecule has 2 nitrogen and oxygen atoms in total. The molecule has 0 aromatic rings. The van der Waals surface area contributed by atoms with Crippen LogP contribution in [-0.4, -0.2) is 17.5 Å². The lowest BCUT2D eigenvalue weighted by molar-refractivity contribution is 0.167. The van der Waals surface area contributed by atoms with Gasteiger partial charge in [0.15, 0.2) is 0 Å². The van der Waals surface area contributed by atoms with Crippen molar-refractivity contribution in [2.75, 3.05) is 0 Å². The Labute approximate surface area is 75.0 Å². The van der Waals surface area contributed by atoms with Crippen molar-refractivity contribution in [2.45, 2.75) is 58.0 Å². The maximum absolute atomic E-state index is 9.87. The van der Waals surface area contributed by atoms with Crippen LogP contribution >= 0.6 is 0 Å². The highest BCUT2D eigenvalue weighted by Gasteiger charge is 2.02. The van der Waals surface area contributed by atoms with E-state index >= 15 is 0 Å². The molecule has 0 heterocycles. The Balaban J connectivity index is 3.02. The minimum absolute atomic E-state index is 0.174. The van der Waals surface area contributed by atoms with E-state index in [0.717, 1.165) is 12.8 Å². The van der Waals surface area contributed by atoms with Crippen molar-refractivity contribution in [3.63, 3.8) is 0 Å². The molecule has 71 valence electrons. The summed E-state index contributed by atoms with van der Waals surface area (Å²) in [5.41, 5.74) is 0. The summed E-state index contributed by atoms with van der Waals surface area (Å²) in [5, 5.41) is 9.14. The van der Waals surface area contributed by atoms with Crippen LogP contribution in [0.5, 0.6) is 0 Å². The number of hydrogen-bond acceptors (Lipinski definition) is 2. The van der Waals surface area contributed by atoms with Crippen molar-refractivity contribution in [1.29, 1.82) is 0 Å². The molecule has 0 aliphatic carbocycles. The first kappa shape index (κ1) is 11.6. The van der Waals surface area contributed by atoms with Crippen molar-refractivity contribution in [3.8, 4) is 0 Å². The van der Waals surface area contributed by atoms with Gasteiger partial charge in [0.1, 0.15) is 0 Å². The summed E-state index contributed by atoms with van der Waals surface area (Å²) in [4.78, 5) is 9.87. The molecule has 1 atom stereocenters. The molecule has 0 aromatic heterocycles. The van der Waals surface area contributed by atoms with Crippen LogP contribution in [0, 0.1) is 0 Å². The summed E-state index contributed by atoms with van der Waals surface area (Å²) in [6.45, 7) is 2.18. The fourth-order valence-electron chi connectivity index (χ4n) is 1.18. The van der Waals surface area contributed by atoms with Gasteiger partial charge in [-0.2, -0.15) is 0 Å². The number of aliphatic hydroxyl groups excluding tert-OH is 1. The summed E-state index contributed by atoms with van der Waals surface area (Å²) >= 11 is 0. The minimum Gasteiger partial charge on any atom is -0.393 e. The van der Waals surface area contributed by atoms with Crippen LogP contribution in [0.15, 0.2) is 0 Å². The molecule has 1 radical (unpaired) electrons. The lowest BCUT2D eigenvalue weighted by atomic mass is 10.1. The van der Waals surface area contributed by atoms with E-state index in [2.05, 4.69) is 6.92 Å². The van der Waals surface area contributed by atoms with Crippen molar-refractivity contribution < 1.29 is 9.90 Å². The Morgan fingerprint density at radius 1 is 1.25 bits per heavy atom. The molecule has 0 aromatic carbocycles. The molecular formula is C10H19O2. The van der Waals surface area contributed by atoms with Gasteiger partial charge in [0, 0.05) is 6.42 Å². The number of carbonyl (C=O) groups excluding carboxylic acids is 1. The molecule has 0 rings (SSSR count). The zero-order valence-corrected chi connectivity index (χ0v) is 7.88. The van der Waals surface area contributed by atoms with Crippen LogP contribution in [-0.2, 0) is 4.79 Å². The third kappa shape index (κ3) is 7.73. The van der Waals surface area contributed by atoms with Crippen LogP contribution in [0.25, 0.3) is 0 Å². The maximum Gasteiger partial charge on any atom is 0.201 e. The lowest BCUT2D eigenvalue weighted by Gasteiger charge is -2.05. The van der Waals surface area contributed by atoms with Crippen molar-refractivity contribution in [1.82, 2.24) is 0 Å². The third-order valence-electron chi connectivity index (χ3n) is 1.96. The first-order chi connectivity index (χ1) is 5.81. The van der Waals surface area contributed by atoms with E-state index in [-0.39, 0.29) is 6.42 Å². The van der Waals surface area contributed by atoms with Gasteiger partial charge in [-0.1, -0.05) is 39.0 Å². The first-order valence-corrected chi connectivity index (χ1v) is 4.84. The lowest BCUT2D eigenvalue weighted by Crippen LogP contribution is -2.06. The number of rotatable bonds is 8. The van der Waals surface area contributed by atoms with E-state index < -0.39 is 6.10 Å². The summed E-state index contributed by atoms with van der Waals surface area (Å²) in [6.07, 6.45) is 8.15. The van der Waals surface area contributed by atoms with Crippen LogP contribution < -0.4 is 0 Å². The molecule has 12 heavy (non-hydrogen) atoms. The zero-order chi connectivity index (χ0) is 9.23. The van der Waals surface area contributed by atoms with Gasteiger partial charge in [0.05, 0.1) is 6.10 Å². The van der Waals surface area contributed by atoms with Gasteiger partial charge in [-0.05, 0) is 6.42 Å². The van der Waals surface area contributed by atoms with Gasteiger partial charge in [-0.25, -0.2) is 0 Å². The largest absolute Gasteiger partial charge is 0.393 e. The second kappa shape index (κ2) is 8.72. The predicted molar refractivity (Wildman–Crippen MR) is 49.7 cm³/mol. The molecule has 0 aliphatic rings. The van der Waals surface area contributed by atoms with Crippen molar-refractivity contribution in [2.24, 2.45) is 0 Å². The fraction of sp³-hybridized carbons (Fsp3) is 0.900. The second-order valence-electron chi connectivity index (χ2n) is 3.21. The van der Waals surface area contributed by atoms with Crippen molar-refractivity contribution in [3.05, 3.63) is 0 Å². The van der Waals surface area contributed by atoms with Gasteiger partial charge in [-0.15, -0.1) is 0 Å². The van der Waals surface area contributed by atoms with Crippen LogP contribution in [0.2, 0.25) is 0 Å². The minimum atomic E-state index is -0.455. The molecule has 0 amide bonds. The van der Waals surface area contributed by atoms with Gasteiger partial charge < -0.3 is 5.11 Å². The van der Waals surface area contributed by atoms with Crippen LogP contribution in [0.4, 0.5) is 0 Å². The standard InChI is InChI=1S/C10H19O2/c1-2-3-4-5-6-7-10(12)8-9-11/h10,12H,2-8H2,1H3/t10-/m1/s1. The predicted octanol–water partition coefficient (Wildman–Crippen LogP) is 2.21.